The fourth-order valence-electron chi connectivity index (χ4n) is 3.77. The first-order chi connectivity index (χ1) is 6.59. The van der Waals surface area contributed by atoms with E-state index in [2.05, 4.69) is 27.7 Å². The molecule has 0 aliphatic heterocycles. The van der Waals surface area contributed by atoms with E-state index in [1.54, 1.807) is 12.8 Å². The van der Waals surface area contributed by atoms with Crippen LogP contribution in [0.15, 0.2) is 0 Å². The summed E-state index contributed by atoms with van der Waals surface area (Å²) < 4.78 is 0. The van der Waals surface area contributed by atoms with Gasteiger partial charge in [0, 0.05) is 0 Å². The van der Waals surface area contributed by atoms with Crippen LogP contribution in [-0.4, -0.2) is 0 Å². The molecule has 14 heavy (non-hydrogen) atoms. The minimum absolute atomic E-state index is 0.915. The van der Waals surface area contributed by atoms with Crippen molar-refractivity contribution >= 4 is 0 Å². The Labute approximate surface area is 89.5 Å². The second kappa shape index (κ2) is 3.87. The van der Waals surface area contributed by atoms with Crippen LogP contribution >= 0.6 is 0 Å². The van der Waals surface area contributed by atoms with Crippen LogP contribution in [0.4, 0.5) is 0 Å². The average molecular weight is 194 g/mol. The molecule has 4 unspecified atom stereocenters. The first-order valence-corrected chi connectivity index (χ1v) is 6.59. The molecule has 2 aliphatic carbocycles. The van der Waals surface area contributed by atoms with Crippen molar-refractivity contribution in [2.24, 2.45) is 35.5 Å². The molecule has 0 nitrogen and oxygen atoms in total. The molecular weight excluding hydrogens is 168 g/mol. The first-order valence-electron chi connectivity index (χ1n) is 6.59. The van der Waals surface area contributed by atoms with Crippen LogP contribution in [0.2, 0.25) is 0 Å². The summed E-state index contributed by atoms with van der Waals surface area (Å²) in [4.78, 5) is 0. The summed E-state index contributed by atoms with van der Waals surface area (Å²) in [5.74, 6) is 6.15. The molecule has 0 aromatic carbocycles. The van der Waals surface area contributed by atoms with E-state index in [9.17, 15) is 0 Å². The second-order valence-corrected chi connectivity index (χ2v) is 6.38. The fraction of sp³-hybridized carbons (Fsp3) is 1.00. The summed E-state index contributed by atoms with van der Waals surface area (Å²) in [6, 6.07) is 0. The summed E-state index contributed by atoms with van der Waals surface area (Å²) in [6.45, 7) is 9.70. The molecule has 0 heterocycles. The SMILES string of the molecule is CC(C)C1CC2CCC2C(C(C)C)C1. The van der Waals surface area contributed by atoms with E-state index in [4.69, 9.17) is 0 Å². The molecule has 0 amide bonds. The Balaban J connectivity index is 2.02. The summed E-state index contributed by atoms with van der Waals surface area (Å²) in [5.41, 5.74) is 0. The van der Waals surface area contributed by atoms with Crippen LogP contribution in [0.3, 0.4) is 0 Å². The van der Waals surface area contributed by atoms with Crippen LogP contribution in [0.1, 0.15) is 53.4 Å². The highest BCUT2D eigenvalue weighted by atomic mass is 14.5. The standard InChI is InChI=1S/C14H26/c1-9(2)12-7-11-5-6-13(11)14(8-12)10(3)4/h9-14H,5-8H2,1-4H3. The maximum atomic E-state index is 2.43. The van der Waals surface area contributed by atoms with E-state index >= 15 is 0 Å². The third-order valence-corrected chi connectivity index (χ3v) is 5.01. The third kappa shape index (κ3) is 1.73. The van der Waals surface area contributed by atoms with Gasteiger partial charge in [-0.3, -0.25) is 0 Å². The van der Waals surface area contributed by atoms with Gasteiger partial charge in [0.05, 0.1) is 0 Å². The van der Waals surface area contributed by atoms with Gasteiger partial charge in [0.2, 0.25) is 0 Å². The zero-order valence-corrected chi connectivity index (χ0v) is 10.3. The predicted molar refractivity (Wildman–Crippen MR) is 62.1 cm³/mol. The summed E-state index contributed by atoms with van der Waals surface area (Å²) >= 11 is 0. The monoisotopic (exact) mass is 194 g/mol. The Morgan fingerprint density at radius 2 is 1.57 bits per heavy atom. The van der Waals surface area contributed by atoms with Crippen molar-refractivity contribution in [2.75, 3.05) is 0 Å². The van der Waals surface area contributed by atoms with Crippen LogP contribution in [-0.2, 0) is 0 Å². The van der Waals surface area contributed by atoms with Crippen molar-refractivity contribution in [3.8, 4) is 0 Å². The molecule has 0 spiro atoms. The molecule has 2 aliphatic rings. The van der Waals surface area contributed by atoms with Gasteiger partial charge in [0.1, 0.15) is 0 Å². The lowest BCUT2D eigenvalue weighted by Gasteiger charge is -2.51. The zero-order valence-electron chi connectivity index (χ0n) is 10.3. The van der Waals surface area contributed by atoms with E-state index < -0.39 is 0 Å². The van der Waals surface area contributed by atoms with Gasteiger partial charge in [0.25, 0.3) is 0 Å². The van der Waals surface area contributed by atoms with Crippen molar-refractivity contribution < 1.29 is 0 Å². The van der Waals surface area contributed by atoms with Crippen LogP contribution < -0.4 is 0 Å². The van der Waals surface area contributed by atoms with Gasteiger partial charge in [-0.05, 0) is 61.2 Å². The lowest BCUT2D eigenvalue weighted by molar-refractivity contribution is -0.0133. The smallest absolute Gasteiger partial charge is 0.0355 e. The number of fused-ring (bicyclic) bond motifs is 1. The molecule has 82 valence electrons. The summed E-state index contributed by atoms with van der Waals surface area (Å²) in [7, 11) is 0. The van der Waals surface area contributed by atoms with E-state index in [1.165, 1.54) is 12.8 Å². The molecular formula is C14H26. The Morgan fingerprint density at radius 1 is 0.857 bits per heavy atom. The topological polar surface area (TPSA) is 0 Å². The van der Waals surface area contributed by atoms with Gasteiger partial charge < -0.3 is 0 Å². The Morgan fingerprint density at radius 3 is 2.00 bits per heavy atom. The number of rotatable bonds is 2. The maximum absolute atomic E-state index is 2.43. The second-order valence-electron chi connectivity index (χ2n) is 6.38. The average Bonchev–Trinajstić information content (AvgIpc) is 2.05. The zero-order chi connectivity index (χ0) is 10.3. The lowest BCUT2D eigenvalue weighted by atomic mass is 9.54. The quantitative estimate of drug-likeness (QED) is 0.613. The van der Waals surface area contributed by atoms with Crippen molar-refractivity contribution in [3.63, 3.8) is 0 Å². The van der Waals surface area contributed by atoms with Crippen molar-refractivity contribution in [1.82, 2.24) is 0 Å². The van der Waals surface area contributed by atoms with Crippen molar-refractivity contribution in [3.05, 3.63) is 0 Å². The molecule has 0 N–H and O–H groups in total. The predicted octanol–water partition coefficient (Wildman–Crippen LogP) is 4.35. The highest BCUT2D eigenvalue weighted by molar-refractivity contribution is 4.94. The molecule has 0 heteroatoms. The minimum atomic E-state index is 0.915. The molecule has 0 bridgehead atoms. The van der Waals surface area contributed by atoms with Crippen LogP contribution in [0, 0.1) is 35.5 Å². The highest BCUT2D eigenvalue weighted by Crippen LogP contribution is 2.53. The first kappa shape index (κ1) is 10.5. The molecule has 0 aromatic heterocycles. The highest BCUT2D eigenvalue weighted by Gasteiger charge is 2.44. The molecule has 2 saturated carbocycles. The Hall–Kier alpha value is 0. The number of hydrogen-bond acceptors (Lipinski definition) is 0. The van der Waals surface area contributed by atoms with Gasteiger partial charge in [-0.1, -0.05) is 27.7 Å². The molecule has 2 fully saturated rings. The maximum Gasteiger partial charge on any atom is -0.0355 e. The van der Waals surface area contributed by atoms with Crippen molar-refractivity contribution in [2.45, 2.75) is 53.4 Å². The summed E-state index contributed by atoms with van der Waals surface area (Å²) in [6.07, 6.45) is 6.15. The van der Waals surface area contributed by atoms with E-state index in [-0.39, 0.29) is 0 Å². The third-order valence-electron chi connectivity index (χ3n) is 5.01. The molecule has 4 atom stereocenters. The normalized spacial score (nSPS) is 42.4. The largest absolute Gasteiger partial charge is 0.0625 e. The molecule has 2 rings (SSSR count). The molecule has 0 aromatic rings. The number of hydrogen-bond donors (Lipinski definition) is 0. The minimum Gasteiger partial charge on any atom is -0.0625 e. The Kier molecular flexibility index (Phi) is 2.91. The summed E-state index contributed by atoms with van der Waals surface area (Å²) in [5, 5.41) is 0. The Bertz CT molecular complexity index is 192. The van der Waals surface area contributed by atoms with E-state index in [0.717, 1.165) is 35.5 Å². The van der Waals surface area contributed by atoms with Crippen LogP contribution in [0.25, 0.3) is 0 Å². The molecule has 0 saturated heterocycles. The van der Waals surface area contributed by atoms with Crippen molar-refractivity contribution in [1.29, 1.82) is 0 Å². The fourth-order valence-corrected chi connectivity index (χ4v) is 3.77. The van der Waals surface area contributed by atoms with Gasteiger partial charge in [-0.2, -0.15) is 0 Å². The van der Waals surface area contributed by atoms with Gasteiger partial charge >= 0.3 is 0 Å². The van der Waals surface area contributed by atoms with E-state index in [0.29, 0.717) is 0 Å². The lowest BCUT2D eigenvalue weighted by Crippen LogP contribution is -2.42. The molecule has 0 radical (unpaired) electrons. The van der Waals surface area contributed by atoms with Crippen LogP contribution in [0.5, 0.6) is 0 Å². The van der Waals surface area contributed by atoms with E-state index in [1.807, 2.05) is 0 Å². The van der Waals surface area contributed by atoms with Gasteiger partial charge in [-0.15, -0.1) is 0 Å². The van der Waals surface area contributed by atoms with Gasteiger partial charge in [0.15, 0.2) is 0 Å². The van der Waals surface area contributed by atoms with Gasteiger partial charge in [-0.25, -0.2) is 0 Å².